The van der Waals surface area contributed by atoms with E-state index in [4.69, 9.17) is 20.6 Å². The lowest BCUT2D eigenvalue weighted by Crippen LogP contribution is -2.59. The molecule has 7 nitrogen and oxygen atoms in total. The first-order valence-corrected chi connectivity index (χ1v) is 3.72. The Kier molecular flexibility index (Phi) is 3.56. The predicted molar refractivity (Wildman–Crippen MR) is 37.5 cm³/mol. The van der Waals surface area contributed by atoms with Gasteiger partial charge >= 0.3 is 0 Å². The molecule has 5 atom stereocenters. The average molecular weight is 196 g/mol. The molecule has 0 amide bonds. The van der Waals surface area contributed by atoms with Crippen LogP contribution >= 0.6 is 0 Å². The minimum Gasteiger partial charge on any atom is -0.394 e. The maximum absolute atomic E-state index is 9.22. The summed E-state index contributed by atoms with van der Waals surface area (Å²) < 4.78 is 4.63. The van der Waals surface area contributed by atoms with Gasteiger partial charge in [0.05, 0.1) is 6.61 Å². The highest BCUT2D eigenvalue weighted by atomic mass is 17.1. The van der Waals surface area contributed by atoms with E-state index in [1.807, 2.05) is 0 Å². The molecule has 78 valence electrons. The first-order chi connectivity index (χ1) is 6.11. The van der Waals surface area contributed by atoms with Gasteiger partial charge in [-0.2, -0.15) is 0 Å². The smallest absolute Gasteiger partial charge is 0.184 e. The summed E-state index contributed by atoms with van der Waals surface area (Å²) in [6.07, 6.45) is -7.02. The monoisotopic (exact) mass is 196 g/mol. The molecule has 5 N–H and O–H groups in total. The van der Waals surface area contributed by atoms with Crippen LogP contribution in [0.4, 0.5) is 0 Å². The van der Waals surface area contributed by atoms with Crippen molar-refractivity contribution in [3.63, 3.8) is 0 Å². The molecule has 0 aromatic carbocycles. The van der Waals surface area contributed by atoms with Crippen LogP contribution in [0.3, 0.4) is 0 Å². The van der Waals surface area contributed by atoms with Crippen molar-refractivity contribution in [2.24, 2.45) is 0 Å². The van der Waals surface area contributed by atoms with Crippen LogP contribution < -0.4 is 0 Å². The van der Waals surface area contributed by atoms with Crippen molar-refractivity contribution in [3.8, 4) is 0 Å². The van der Waals surface area contributed by atoms with E-state index < -0.39 is 37.3 Å². The second kappa shape index (κ2) is 4.29. The van der Waals surface area contributed by atoms with Crippen LogP contribution in [0.25, 0.3) is 0 Å². The second-order valence-electron chi connectivity index (χ2n) is 2.80. The molecule has 0 aliphatic carbocycles. The van der Waals surface area contributed by atoms with Crippen molar-refractivity contribution in [2.45, 2.75) is 30.7 Å². The molecule has 0 bridgehead atoms. The summed E-state index contributed by atoms with van der Waals surface area (Å²) in [5.41, 5.74) is 0. The standard InChI is InChI=1S/C6H12O7/c7-1-2-5(13-11)3(8)4(9)6(10)12-2/h2-11H,1H2/t2-,3-,4-,5+,6-/m1/s1. The van der Waals surface area contributed by atoms with Gasteiger partial charge in [0.15, 0.2) is 6.29 Å². The third-order valence-corrected chi connectivity index (χ3v) is 1.96. The van der Waals surface area contributed by atoms with E-state index in [1.54, 1.807) is 0 Å². The minimum atomic E-state index is -1.60. The predicted octanol–water partition coefficient (Wildman–Crippen LogP) is -2.72. The number of aliphatic hydroxyl groups is 4. The van der Waals surface area contributed by atoms with Crippen molar-refractivity contribution >= 4 is 0 Å². The molecular weight excluding hydrogens is 184 g/mol. The summed E-state index contributed by atoms with van der Waals surface area (Å²) in [5.74, 6) is 0. The summed E-state index contributed by atoms with van der Waals surface area (Å²) in [7, 11) is 0. The molecule has 0 saturated carbocycles. The Hall–Kier alpha value is -0.280. The molecule has 0 aromatic rings. The Morgan fingerprint density at radius 1 is 1.15 bits per heavy atom. The van der Waals surface area contributed by atoms with Crippen LogP contribution in [0.15, 0.2) is 0 Å². The van der Waals surface area contributed by atoms with E-state index in [9.17, 15) is 5.11 Å². The molecule has 0 radical (unpaired) electrons. The van der Waals surface area contributed by atoms with E-state index >= 15 is 0 Å². The molecule has 0 unspecified atom stereocenters. The fourth-order valence-electron chi connectivity index (χ4n) is 1.20. The van der Waals surface area contributed by atoms with E-state index in [0.717, 1.165) is 0 Å². The highest BCUT2D eigenvalue weighted by molar-refractivity contribution is 4.88. The zero-order chi connectivity index (χ0) is 10.0. The van der Waals surface area contributed by atoms with Gasteiger partial charge in [-0.15, -0.1) is 0 Å². The van der Waals surface area contributed by atoms with E-state index in [2.05, 4.69) is 9.62 Å². The van der Waals surface area contributed by atoms with Crippen molar-refractivity contribution < 1.29 is 35.3 Å². The Morgan fingerprint density at radius 2 is 1.77 bits per heavy atom. The van der Waals surface area contributed by atoms with Gasteiger partial charge in [0, 0.05) is 0 Å². The van der Waals surface area contributed by atoms with Crippen LogP contribution in [0.5, 0.6) is 0 Å². The van der Waals surface area contributed by atoms with Crippen molar-refractivity contribution in [2.75, 3.05) is 6.61 Å². The zero-order valence-electron chi connectivity index (χ0n) is 6.65. The number of rotatable bonds is 2. The zero-order valence-corrected chi connectivity index (χ0v) is 6.65. The largest absolute Gasteiger partial charge is 0.394 e. The summed E-state index contributed by atoms with van der Waals surface area (Å²) >= 11 is 0. The van der Waals surface area contributed by atoms with Gasteiger partial charge in [-0.1, -0.05) is 0 Å². The number of hydrogen-bond donors (Lipinski definition) is 5. The van der Waals surface area contributed by atoms with Gasteiger partial charge in [0.25, 0.3) is 0 Å². The van der Waals surface area contributed by atoms with Crippen LogP contribution in [-0.2, 0) is 9.62 Å². The van der Waals surface area contributed by atoms with Crippen molar-refractivity contribution in [1.29, 1.82) is 0 Å². The first-order valence-electron chi connectivity index (χ1n) is 3.72. The normalized spacial score (nSPS) is 46.4. The number of hydrogen-bond acceptors (Lipinski definition) is 7. The van der Waals surface area contributed by atoms with Crippen LogP contribution in [0.2, 0.25) is 0 Å². The van der Waals surface area contributed by atoms with Gasteiger partial charge in [0.1, 0.15) is 24.4 Å². The Labute approximate surface area is 73.7 Å². The lowest BCUT2D eigenvalue weighted by Gasteiger charge is -2.38. The van der Waals surface area contributed by atoms with E-state index in [1.165, 1.54) is 0 Å². The summed E-state index contributed by atoms with van der Waals surface area (Å²) in [5, 5.41) is 44.3. The molecule has 1 aliphatic heterocycles. The Balaban J connectivity index is 2.69. The topological polar surface area (TPSA) is 120 Å². The molecule has 13 heavy (non-hydrogen) atoms. The first kappa shape index (κ1) is 10.8. The van der Waals surface area contributed by atoms with Crippen LogP contribution in [-0.4, -0.2) is 63.0 Å². The summed E-state index contributed by atoms with van der Waals surface area (Å²) in [4.78, 5) is 3.82. The maximum atomic E-state index is 9.22. The SMILES string of the molecule is OC[C@H]1O[C@@H](O)[C@H](O)[C@@H](O)[C@H]1OO. The van der Waals surface area contributed by atoms with Crippen molar-refractivity contribution in [3.05, 3.63) is 0 Å². The summed E-state index contributed by atoms with van der Waals surface area (Å²) in [6, 6.07) is 0. The highest BCUT2D eigenvalue weighted by Gasteiger charge is 2.44. The molecule has 0 spiro atoms. The second-order valence-corrected chi connectivity index (χ2v) is 2.80. The third kappa shape index (κ3) is 1.97. The summed E-state index contributed by atoms with van der Waals surface area (Å²) in [6.45, 7) is -0.550. The molecule has 0 aromatic heterocycles. The molecule has 1 saturated heterocycles. The van der Waals surface area contributed by atoms with E-state index in [-0.39, 0.29) is 0 Å². The van der Waals surface area contributed by atoms with Crippen molar-refractivity contribution in [1.82, 2.24) is 0 Å². The van der Waals surface area contributed by atoms with Gasteiger partial charge in [-0.05, 0) is 0 Å². The average Bonchev–Trinajstić information content (AvgIpc) is 2.13. The number of aliphatic hydroxyl groups excluding tert-OH is 4. The quantitative estimate of drug-likeness (QED) is 0.240. The lowest BCUT2D eigenvalue weighted by molar-refractivity contribution is -0.371. The van der Waals surface area contributed by atoms with Gasteiger partial charge in [-0.3, -0.25) is 5.26 Å². The van der Waals surface area contributed by atoms with Crippen LogP contribution in [0, 0.1) is 0 Å². The van der Waals surface area contributed by atoms with Gasteiger partial charge in [0.2, 0.25) is 0 Å². The molecule has 1 fully saturated rings. The highest BCUT2D eigenvalue weighted by Crippen LogP contribution is 2.21. The minimum absolute atomic E-state index is 0.550. The Bertz CT molecular complexity index is 161. The Morgan fingerprint density at radius 3 is 2.23 bits per heavy atom. The fourth-order valence-corrected chi connectivity index (χ4v) is 1.20. The van der Waals surface area contributed by atoms with Crippen LogP contribution in [0.1, 0.15) is 0 Å². The number of ether oxygens (including phenoxy) is 1. The molecule has 1 aliphatic rings. The maximum Gasteiger partial charge on any atom is 0.184 e. The van der Waals surface area contributed by atoms with E-state index in [0.29, 0.717) is 0 Å². The molecular formula is C6H12O7. The van der Waals surface area contributed by atoms with Gasteiger partial charge in [-0.25, -0.2) is 4.89 Å². The molecule has 1 rings (SSSR count). The molecule has 1 heterocycles. The van der Waals surface area contributed by atoms with Gasteiger partial charge < -0.3 is 25.2 Å². The third-order valence-electron chi connectivity index (χ3n) is 1.96. The molecule has 7 heteroatoms. The lowest BCUT2D eigenvalue weighted by atomic mass is 9.99. The fraction of sp³-hybridized carbons (Fsp3) is 1.00.